The third-order valence-corrected chi connectivity index (χ3v) is 3.03. The Kier molecular flexibility index (Phi) is 3.69. The molecule has 16 heavy (non-hydrogen) atoms. The number of benzene rings is 1. The van der Waals surface area contributed by atoms with Crippen LogP contribution in [0.15, 0.2) is 34.5 Å². The molecule has 2 aromatic rings. The van der Waals surface area contributed by atoms with Gasteiger partial charge in [-0.3, -0.25) is 0 Å². The third-order valence-electron chi connectivity index (χ3n) is 2.07. The average Bonchev–Trinajstić information content (AvgIpc) is 2.71. The van der Waals surface area contributed by atoms with Gasteiger partial charge in [0, 0.05) is 17.2 Å². The van der Waals surface area contributed by atoms with Gasteiger partial charge in [-0.2, -0.15) is 0 Å². The quantitative estimate of drug-likeness (QED) is 0.282. The van der Waals surface area contributed by atoms with Crippen LogP contribution in [0.5, 0.6) is 0 Å². The smallest absolute Gasteiger partial charge is 0.166 e. The van der Waals surface area contributed by atoms with Crippen molar-refractivity contribution in [3.8, 4) is 0 Å². The molecule has 0 fully saturated rings. The van der Waals surface area contributed by atoms with Crippen molar-refractivity contribution in [2.24, 2.45) is 5.11 Å². The number of aromatic nitrogens is 2. The minimum Gasteiger partial charge on any atom is -0.333 e. The lowest BCUT2D eigenvalue weighted by Crippen LogP contribution is -1.84. The molecule has 0 bridgehead atoms. The molecular weight excluding hydrogens is 222 g/mol. The van der Waals surface area contributed by atoms with E-state index in [1.807, 2.05) is 24.3 Å². The van der Waals surface area contributed by atoms with Crippen molar-refractivity contribution in [1.29, 1.82) is 0 Å². The highest BCUT2D eigenvalue weighted by Crippen LogP contribution is 2.19. The summed E-state index contributed by atoms with van der Waals surface area (Å²) in [5.41, 5.74) is 10.2. The fraction of sp³-hybridized carbons (Fsp3) is 0.300. The van der Waals surface area contributed by atoms with Crippen molar-refractivity contribution >= 4 is 22.8 Å². The van der Waals surface area contributed by atoms with Gasteiger partial charge in [-0.15, -0.1) is 0 Å². The number of nitrogens with one attached hydrogen (secondary N) is 1. The zero-order valence-corrected chi connectivity index (χ0v) is 9.44. The Balaban J connectivity index is 1.92. The molecule has 6 heteroatoms. The van der Waals surface area contributed by atoms with Crippen LogP contribution >= 0.6 is 11.8 Å². The van der Waals surface area contributed by atoms with Crippen LogP contribution < -0.4 is 0 Å². The number of aromatic amines is 1. The maximum atomic E-state index is 8.11. The molecule has 0 radical (unpaired) electrons. The van der Waals surface area contributed by atoms with Gasteiger partial charge in [-0.1, -0.05) is 29.0 Å². The number of thioether (sulfide) groups is 1. The summed E-state index contributed by atoms with van der Waals surface area (Å²) in [5, 5.41) is 4.40. The minimum atomic E-state index is 0.545. The van der Waals surface area contributed by atoms with Crippen LogP contribution in [0.1, 0.15) is 6.42 Å². The maximum absolute atomic E-state index is 8.11. The molecule has 2 rings (SSSR count). The molecule has 0 aliphatic heterocycles. The van der Waals surface area contributed by atoms with Crippen LogP contribution in [0.2, 0.25) is 0 Å². The Bertz CT molecular complexity index is 482. The normalized spacial score (nSPS) is 10.2. The molecule has 0 aliphatic carbocycles. The number of hydrogen-bond donors (Lipinski definition) is 1. The van der Waals surface area contributed by atoms with Crippen molar-refractivity contribution in [2.75, 3.05) is 12.3 Å². The molecule has 0 saturated heterocycles. The minimum absolute atomic E-state index is 0.545. The Morgan fingerprint density at radius 2 is 2.31 bits per heavy atom. The summed E-state index contributed by atoms with van der Waals surface area (Å²) in [6, 6.07) is 7.94. The van der Waals surface area contributed by atoms with E-state index >= 15 is 0 Å². The van der Waals surface area contributed by atoms with Gasteiger partial charge in [-0.05, 0) is 24.1 Å². The van der Waals surface area contributed by atoms with Gasteiger partial charge in [0.2, 0.25) is 0 Å². The first-order valence-corrected chi connectivity index (χ1v) is 5.97. The molecule has 1 aromatic carbocycles. The van der Waals surface area contributed by atoms with Crippen molar-refractivity contribution < 1.29 is 0 Å². The second-order valence-corrected chi connectivity index (χ2v) is 4.30. The number of rotatable bonds is 5. The fourth-order valence-corrected chi connectivity index (χ4v) is 2.16. The van der Waals surface area contributed by atoms with E-state index in [0.717, 1.165) is 28.4 Å². The van der Waals surface area contributed by atoms with E-state index < -0.39 is 0 Å². The summed E-state index contributed by atoms with van der Waals surface area (Å²) >= 11 is 1.65. The molecule has 0 aliphatic rings. The summed E-state index contributed by atoms with van der Waals surface area (Å²) in [5.74, 6) is 0.902. The molecule has 1 aromatic heterocycles. The highest BCUT2D eigenvalue weighted by molar-refractivity contribution is 7.99. The van der Waals surface area contributed by atoms with Crippen molar-refractivity contribution in [3.05, 3.63) is 34.7 Å². The first kappa shape index (κ1) is 10.9. The van der Waals surface area contributed by atoms with Gasteiger partial charge in [0.1, 0.15) is 0 Å². The summed E-state index contributed by atoms with van der Waals surface area (Å²) in [7, 11) is 0. The largest absolute Gasteiger partial charge is 0.333 e. The molecule has 82 valence electrons. The average molecular weight is 233 g/mol. The van der Waals surface area contributed by atoms with Gasteiger partial charge in [0.05, 0.1) is 11.0 Å². The highest BCUT2D eigenvalue weighted by atomic mass is 32.2. The topological polar surface area (TPSA) is 77.4 Å². The molecule has 0 saturated carbocycles. The Labute approximate surface area is 96.9 Å². The Morgan fingerprint density at radius 3 is 3.12 bits per heavy atom. The summed E-state index contributed by atoms with van der Waals surface area (Å²) in [4.78, 5) is 10.4. The molecule has 0 spiro atoms. The highest BCUT2D eigenvalue weighted by Gasteiger charge is 2.01. The predicted octanol–water partition coefficient (Wildman–Crippen LogP) is 3.36. The predicted molar refractivity (Wildman–Crippen MR) is 65.4 cm³/mol. The molecule has 1 heterocycles. The fourth-order valence-electron chi connectivity index (χ4n) is 1.35. The molecular formula is C10H11N5S. The molecule has 0 unspecified atom stereocenters. The Hall–Kier alpha value is -1.65. The van der Waals surface area contributed by atoms with E-state index in [1.165, 1.54) is 0 Å². The van der Waals surface area contributed by atoms with E-state index in [0.29, 0.717) is 6.54 Å². The van der Waals surface area contributed by atoms with E-state index in [9.17, 15) is 0 Å². The van der Waals surface area contributed by atoms with Gasteiger partial charge in [0.25, 0.3) is 0 Å². The number of imidazole rings is 1. The lowest BCUT2D eigenvalue weighted by atomic mass is 10.3. The second-order valence-electron chi connectivity index (χ2n) is 3.22. The first-order chi connectivity index (χ1) is 7.90. The second kappa shape index (κ2) is 5.44. The van der Waals surface area contributed by atoms with Gasteiger partial charge >= 0.3 is 0 Å². The van der Waals surface area contributed by atoms with Gasteiger partial charge in [0.15, 0.2) is 5.16 Å². The van der Waals surface area contributed by atoms with E-state index in [-0.39, 0.29) is 0 Å². The molecule has 1 N–H and O–H groups in total. The summed E-state index contributed by atoms with van der Waals surface area (Å²) in [6.45, 7) is 0.545. The molecule has 0 atom stereocenters. The zero-order chi connectivity index (χ0) is 11.2. The molecule has 5 nitrogen and oxygen atoms in total. The number of nitrogens with zero attached hydrogens (tertiary/aromatic N) is 4. The number of fused-ring (bicyclic) bond motifs is 1. The maximum Gasteiger partial charge on any atom is 0.166 e. The SMILES string of the molecule is [N-]=[N+]=NCCCSc1nc2ccccc2[nH]1. The lowest BCUT2D eigenvalue weighted by molar-refractivity contribution is 0.927. The van der Waals surface area contributed by atoms with E-state index in [1.54, 1.807) is 11.8 Å². The van der Waals surface area contributed by atoms with Gasteiger partial charge < -0.3 is 4.98 Å². The first-order valence-electron chi connectivity index (χ1n) is 4.98. The van der Waals surface area contributed by atoms with Crippen molar-refractivity contribution in [3.63, 3.8) is 0 Å². The number of H-pyrrole nitrogens is 1. The number of hydrogen-bond acceptors (Lipinski definition) is 3. The van der Waals surface area contributed by atoms with Gasteiger partial charge in [-0.25, -0.2) is 4.98 Å². The van der Waals surface area contributed by atoms with E-state index in [4.69, 9.17) is 5.53 Å². The van der Waals surface area contributed by atoms with Crippen LogP contribution in [0, 0.1) is 0 Å². The number of para-hydroxylation sites is 2. The van der Waals surface area contributed by atoms with Crippen LogP contribution in [-0.4, -0.2) is 22.3 Å². The third kappa shape index (κ3) is 2.68. The monoisotopic (exact) mass is 233 g/mol. The van der Waals surface area contributed by atoms with E-state index in [2.05, 4.69) is 20.0 Å². The van der Waals surface area contributed by atoms with Crippen LogP contribution in [0.25, 0.3) is 21.5 Å². The lowest BCUT2D eigenvalue weighted by Gasteiger charge is -1.93. The van der Waals surface area contributed by atoms with Crippen LogP contribution in [-0.2, 0) is 0 Å². The summed E-state index contributed by atoms with van der Waals surface area (Å²) < 4.78 is 0. The van der Waals surface area contributed by atoms with Crippen LogP contribution in [0.4, 0.5) is 0 Å². The standard InChI is InChI=1S/C10H11N5S/c11-15-12-6-3-7-16-10-13-8-4-1-2-5-9(8)14-10/h1-2,4-5H,3,6-7H2,(H,13,14). The summed E-state index contributed by atoms with van der Waals surface area (Å²) in [6.07, 6.45) is 0.867. The number of azide groups is 1. The van der Waals surface area contributed by atoms with Crippen molar-refractivity contribution in [1.82, 2.24) is 9.97 Å². The molecule has 0 amide bonds. The Morgan fingerprint density at radius 1 is 1.44 bits per heavy atom. The van der Waals surface area contributed by atoms with Crippen LogP contribution in [0.3, 0.4) is 0 Å². The zero-order valence-electron chi connectivity index (χ0n) is 8.63. The van der Waals surface area contributed by atoms with Crippen molar-refractivity contribution in [2.45, 2.75) is 11.6 Å².